The maximum Gasteiger partial charge on any atom is 0.271 e. The van der Waals surface area contributed by atoms with Gasteiger partial charge in [-0.05, 0) is 38.7 Å². The van der Waals surface area contributed by atoms with Gasteiger partial charge >= 0.3 is 0 Å². The molecule has 0 aromatic carbocycles. The number of thiazole rings is 1. The van der Waals surface area contributed by atoms with Crippen molar-refractivity contribution in [2.75, 3.05) is 11.9 Å². The summed E-state index contributed by atoms with van der Waals surface area (Å²) in [6.07, 6.45) is 6.69. The maximum absolute atomic E-state index is 13.8. The first-order valence-electron chi connectivity index (χ1n) is 12.2. The Morgan fingerprint density at radius 2 is 1.97 bits per heavy atom. The van der Waals surface area contributed by atoms with Gasteiger partial charge in [0.05, 0.1) is 5.69 Å². The monoisotopic (exact) mass is 490 g/mol. The van der Waals surface area contributed by atoms with E-state index in [2.05, 4.69) is 42.0 Å². The van der Waals surface area contributed by atoms with Gasteiger partial charge in [0.15, 0.2) is 5.13 Å². The Hall–Kier alpha value is -3.47. The Bertz CT molecular complexity index is 1460. The zero-order valence-electron chi connectivity index (χ0n) is 19.7. The van der Waals surface area contributed by atoms with Crippen LogP contribution < -0.4 is 10.6 Å². The van der Waals surface area contributed by atoms with E-state index in [0.29, 0.717) is 46.6 Å². The highest BCUT2D eigenvalue weighted by Gasteiger charge is 2.43. The average Bonchev–Trinajstić information content (AvgIpc) is 3.72. The second-order valence-electron chi connectivity index (χ2n) is 9.59. The van der Waals surface area contributed by atoms with Gasteiger partial charge in [-0.15, -0.1) is 0 Å². The molecule has 2 aliphatic carbocycles. The van der Waals surface area contributed by atoms with Crippen LogP contribution in [0.2, 0.25) is 0 Å². The van der Waals surface area contributed by atoms with Crippen molar-refractivity contribution < 1.29 is 9.59 Å². The molecule has 2 aromatic heterocycles. The lowest BCUT2D eigenvalue weighted by Gasteiger charge is -2.23. The number of nitrogens with zero attached hydrogens (tertiary/aromatic N) is 6. The number of carbonyl (C=O) groups is 2. The number of imidazole rings is 1. The van der Waals surface area contributed by atoms with E-state index in [0.717, 1.165) is 60.3 Å². The predicted octanol–water partition coefficient (Wildman–Crippen LogP) is 3.15. The first kappa shape index (κ1) is 20.9. The quantitative estimate of drug-likeness (QED) is 0.430. The third-order valence-corrected chi connectivity index (χ3v) is 8.24. The minimum absolute atomic E-state index is 0.0752. The minimum atomic E-state index is -0.0752. The molecule has 0 unspecified atom stereocenters. The summed E-state index contributed by atoms with van der Waals surface area (Å²) >= 11 is 1.34. The molecule has 7 rings (SSSR count). The van der Waals surface area contributed by atoms with Crippen molar-refractivity contribution in [3.05, 3.63) is 28.7 Å². The molecule has 0 atom stereocenters. The molecule has 35 heavy (non-hydrogen) atoms. The van der Waals surface area contributed by atoms with Crippen LogP contribution in [0.25, 0.3) is 22.4 Å². The Morgan fingerprint density at radius 1 is 1.23 bits per heavy atom. The summed E-state index contributed by atoms with van der Waals surface area (Å²) in [5.74, 6) is 0.784. The summed E-state index contributed by atoms with van der Waals surface area (Å²) in [5.41, 5.74) is 3.91. The first-order chi connectivity index (χ1) is 17.0. The lowest BCUT2D eigenvalue weighted by Crippen LogP contribution is -2.36. The van der Waals surface area contributed by atoms with Crippen LogP contribution in [0.5, 0.6) is 0 Å². The largest absolute Gasteiger partial charge is 0.351 e. The van der Waals surface area contributed by atoms with Crippen LogP contribution in [0.4, 0.5) is 10.9 Å². The number of fused-ring (bicyclic) bond motifs is 4. The molecular formula is C24H26N8O2S. The van der Waals surface area contributed by atoms with Crippen LogP contribution in [0.15, 0.2) is 12.4 Å². The van der Waals surface area contributed by atoms with Gasteiger partial charge < -0.3 is 24.7 Å². The smallest absolute Gasteiger partial charge is 0.271 e. The van der Waals surface area contributed by atoms with Crippen molar-refractivity contribution in [1.82, 2.24) is 34.3 Å². The van der Waals surface area contributed by atoms with Gasteiger partial charge in [0.25, 0.3) is 11.8 Å². The Morgan fingerprint density at radius 3 is 2.66 bits per heavy atom. The van der Waals surface area contributed by atoms with Gasteiger partial charge in [-0.3, -0.25) is 9.59 Å². The lowest BCUT2D eigenvalue weighted by molar-refractivity contribution is 0.0719. The topological polar surface area (TPSA) is 110 Å². The zero-order valence-corrected chi connectivity index (χ0v) is 20.5. The number of aryl methyl sites for hydroxylation is 2. The number of hydrogen-bond donors (Lipinski definition) is 2. The molecule has 2 aromatic rings. The second-order valence-corrected chi connectivity index (χ2v) is 10.6. The van der Waals surface area contributed by atoms with E-state index < -0.39 is 0 Å². The van der Waals surface area contributed by atoms with Crippen LogP contribution in [-0.4, -0.2) is 59.4 Å². The first-order valence-corrected chi connectivity index (χ1v) is 13.1. The van der Waals surface area contributed by atoms with Crippen molar-refractivity contribution in [2.24, 2.45) is 7.05 Å². The Kier molecular flexibility index (Phi) is 4.48. The van der Waals surface area contributed by atoms with Crippen molar-refractivity contribution in [3.8, 4) is 11.4 Å². The second kappa shape index (κ2) is 7.51. The molecule has 2 fully saturated rings. The molecule has 180 valence electrons. The van der Waals surface area contributed by atoms with Gasteiger partial charge in [0.1, 0.15) is 39.8 Å². The molecular weight excluding hydrogens is 464 g/mol. The predicted molar refractivity (Wildman–Crippen MR) is 132 cm³/mol. The van der Waals surface area contributed by atoms with E-state index in [-0.39, 0.29) is 11.8 Å². The molecule has 0 spiro atoms. The van der Waals surface area contributed by atoms with Gasteiger partial charge in [-0.1, -0.05) is 11.3 Å². The summed E-state index contributed by atoms with van der Waals surface area (Å²) < 4.78 is 4.13. The summed E-state index contributed by atoms with van der Waals surface area (Å²) in [6.45, 7) is 3.33. The van der Waals surface area contributed by atoms with E-state index in [4.69, 9.17) is 0 Å². The Balaban J connectivity index is 1.36. The number of hydrogen-bond acceptors (Lipinski definition) is 7. The fourth-order valence-corrected chi connectivity index (χ4v) is 6.24. The van der Waals surface area contributed by atoms with Crippen molar-refractivity contribution in [2.45, 2.75) is 57.7 Å². The minimum Gasteiger partial charge on any atom is -0.351 e. The summed E-state index contributed by atoms with van der Waals surface area (Å²) in [6, 6.07) is 2.76. The number of anilines is 2. The van der Waals surface area contributed by atoms with E-state index in [9.17, 15) is 9.59 Å². The Labute approximate surface area is 205 Å². The van der Waals surface area contributed by atoms with Gasteiger partial charge in [-0.25, -0.2) is 15.0 Å². The van der Waals surface area contributed by atoms with Crippen LogP contribution >= 0.6 is 11.3 Å². The van der Waals surface area contributed by atoms with Gasteiger partial charge in [0, 0.05) is 44.0 Å². The number of carbonyl (C=O) groups excluding carboxylic acids is 2. The van der Waals surface area contributed by atoms with Crippen molar-refractivity contribution in [3.63, 3.8) is 0 Å². The van der Waals surface area contributed by atoms with Crippen molar-refractivity contribution in [1.29, 1.82) is 0 Å². The highest BCUT2D eigenvalue weighted by Crippen LogP contribution is 2.41. The molecule has 2 amide bonds. The fraction of sp³-hybridized carbons (Fsp3) is 0.458. The molecule has 0 bridgehead atoms. The SMILES string of the molecule is CCn1c(C(=O)N(C2CC2)C2CC2)cc2c3ncnc-3c(Nc3nc4c(s3)C(=O)NCC4)n(C)c21. The molecule has 0 saturated heterocycles. The maximum atomic E-state index is 13.8. The number of amides is 2. The molecule has 5 heterocycles. The molecule has 5 aliphatic rings. The van der Waals surface area contributed by atoms with Crippen LogP contribution in [0, 0.1) is 0 Å². The molecule has 2 N–H and O–H groups in total. The molecule has 0 radical (unpaired) electrons. The summed E-state index contributed by atoms with van der Waals surface area (Å²) in [7, 11) is 1.97. The molecule has 11 heteroatoms. The summed E-state index contributed by atoms with van der Waals surface area (Å²) in [5, 5.41) is 7.86. The summed E-state index contributed by atoms with van der Waals surface area (Å²) in [4.78, 5) is 42.6. The standard InChI is InChI=1S/C24H26N8O2S/c1-3-31-16(23(34)32(12-4-5-12)13-6-7-13)10-14-17-18(27-11-26-17)20(30(2)22(14)31)29-24-28-15-8-9-25-21(33)19(15)35-24/h10-13H,3-9H2,1-2H3,(H,25,33)(H,28,29). The van der Waals surface area contributed by atoms with Crippen LogP contribution in [0.1, 0.15) is 58.5 Å². The third-order valence-electron chi connectivity index (χ3n) is 7.23. The number of rotatable bonds is 6. The number of pyridine rings is 1. The third kappa shape index (κ3) is 3.17. The molecule has 10 nitrogen and oxygen atoms in total. The lowest BCUT2D eigenvalue weighted by atomic mass is 10.2. The van der Waals surface area contributed by atoms with Gasteiger partial charge in [0.2, 0.25) is 0 Å². The molecule has 2 saturated carbocycles. The normalized spacial score (nSPS) is 17.6. The van der Waals surface area contributed by atoms with E-state index >= 15 is 0 Å². The number of aromatic nitrogens is 5. The highest BCUT2D eigenvalue weighted by atomic mass is 32.1. The zero-order chi connectivity index (χ0) is 23.8. The van der Waals surface area contributed by atoms with Crippen LogP contribution in [-0.2, 0) is 20.0 Å². The highest BCUT2D eigenvalue weighted by molar-refractivity contribution is 7.17. The number of nitrogens with one attached hydrogen (secondary N) is 2. The average molecular weight is 491 g/mol. The van der Waals surface area contributed by atoms with E-state index in [1.165, 1.54) is 11.3 Å². The van der Waals surface area contributed by atoms with E-state index in [1.807, 2.05) is 17.7 Å². The van der Waals surface area contributed by atoms with Gasteiger partial charge in [-0.2, -0.15) is 0 Å². The van der Waals surface area contributed by atoms with Crippen molar-refractivity contribution >= 4 is 45.1 Å². The fourth-order valence-electron chi connectivity index (χ4n) is 5.31. The molecule has 3 aliphatic heterocycles. The van der Waals surface area contributed by atoms with Crippen LogP contribution in [0.3, 0.4) is 0 Å². The van der Waals surface area contributed by atoms with E-state index in [1.54, 1.807) is 6.33 Å².